The highest BCUT2D eigenvalue weighted by atomic mass is 19.4. The van der Waals surface area contributed by atoms with Crippen molar-refractivity contribution in [2.24, 2.45) is 0 Å². The first-order valence-corrected chi connectivity index (χ1v) is 10.9. The molecule has 182 valence electrons. The van der Waals surface area contributed by atoms with Crippen LogP contribution in [0.25, 0.3) is 0 Å². The van der Waals surface area contributed by atoms with Crippen LogP contribution in [0.3, 0.4) is 0 Å². The van der Waals surface area contributed by atoms with Crippen LogP contribution < -0.4 is 25.8 Å². The summed E-state index contributed by atoms with van der Waals surface area (Å²) in [6.07, 6.45) is -2.28. The third-order valence-electron chi connectivity index (χ3n) is 6.03. The molecule has 3 heterocycles. The van der Waals surface area contributed by atoms with Crippen molar-refractivity contribution in [3.8, 4) is 5.75 Å². The minimum Gasteiger partial charge on any atom is -0.406 e. The molecule has 0 saturated carbocycles. The van der Waals surface area contributed by atoms with E-state index in [0.29, 0.717) is 5.95 Å². The van der Waals surface area contributed by atoms with Crippen molar-refractivity contribution in [3.63, 3.8) is 0 Å². The Balaban J connectivity index is 1.62. The second kappa shape index (κ2) is 8.99. The van der Waals surface area contributed by atoms with Gasteiger partial charge in [-0.25, -0.2) is 0 Å². The lowest BCUT2D eigenvalue weighted by Crippen LogP contribution is -2.46. The van der Waals surface area contributed by atoms with E-state index in [-0.39, 0.29) is 35.6 Å². The molecule has 1 saturated heterocycles. The lowest BCUT2D eigenvalue weighted by Gasteiger charge is -2.39. The molecule has 0 unspecified atom stereocenters. The number of benzene rings is 1. The molecule has 9 nitrogen and oxygen atoms in total. The van der Waals surface area contributed by atoms with E-state index < -0.39 is 35.4 Å². The zero-order valence-corrected chi connectivity index (χ0v) is 18.5. The lowest BCUT2D eigenvalue weighted by atomic mass is 9.92. The molecule has 0 aliphatic carbocycles. The highest BCUT2D eigenvalue weighted by Gasteiger charge is 2.36. The molecule has 1 fully saturated rings. The largest absolute Gasteiger partial charge is 0.573 e. The number of halogens is 3. The number of rotatable bonds is 4. The van der Waals surface area contributed by atoms with Gasteiger partial charge < -0.3 is 20.3 Å². The van der Waals surface area contributed by atoms with E-state index in [9.17, 15) is 27.6 Å². The fraction of sp³-hybridized carbons (Fsp3) is 0.455. The van der Waals surface area contributed by atoms with Crippen LogP contribution in [-0.4, -0.2) is 40.2 Å². The van der Waals surface area contributed by atoms with E-state index in [2.05, 4.69) is 25.3 Å². The third-order valence-corrected chi connectivity index (χ3v) is 6.03. The fourth-order valence-electron chi connectivity index (χ4n) is 4.54. The molecule has 34 heavy (non-hydrogen) atoms. The van der Waals surface area contributed by atoms with E-state index in [1.165, 1.54) is 12.1 Å². The summed E-state index contributed by atoms with van der Waals surface area (Å²) < 4.78 is 41.3. The number of carbonyl (C=O) groups is 2. The number of H-pyrrole nitrogens is 1. The molecule has 0 radical (unpaired) electrons. The number of nitrogens with one attached hydrogen (secondary N) is 3. The number of ether oxygens (including phenoxy) is 1. The van der Waals surface area contributed by atoms with Gasteiger partial charge in [0.25, 0.3) is 5.56 Å². The zero-order valence-electron chi connectivity index (χ0n) is 18.5. The molecule has 2 aliphatic rings. The number of nitrogens with zero attached hydrogens (tertiary/aromatic N) is 2. The summed E-state index contributed by atoms with van der Waals surface area (Å²) in [7, 11) is 0. The molecule has 3 atom stereocenters. The molecule has 0 bridgehead atoms. The highest BCUT2D eigenvalue weighted by molar-refractivity contribution is 6.04. The minimum atomic E-state index is -4.89. The van der Waals surface area contributed by atoms with E-state index in [4.69, 9.17) is 0 Å². The molecular weight excluding hydrogens is 455 g/mol. The predicted octanol–water partition coefficient (Wildman–Crippen LogP) is 3.50. The summed E-state index contributed by atoms with van der Waals surface area (Å²) in [4.78, 5) is 47.5. The van der Waals surface area contributed by atoms with Crippen LogP contribution in [0.4, 0.5) is 30.6 Å². The number of amides is 2. The van der Waals surface area contributed by atoms with Crippen LogP contribution in [0.5, 0.6) is 5.75 Å². The molecule has 3 N–H and O–H groups in total. The van der Waals surface area contributed by atoms with E-state index in [1.54, 1.807) is 0 Å². The number of hydrogen-bond donors (Lipinski definition) is 3. The second-order valence-electron chi connectivity index (χ2n) is 8.56. The van der Waals surface area contributed by atoms with Crippen LogP contribution >= 0.6 is 0 Å². The maximum atomic E-state index is 13.0. The van der Waals surface area contributed by atoms with Gasteiger partial charge in [0.1, 0.15) is 11.6 Å². The van der Waals surface area contributed by atoms with Gasteiger partial charge in [0, 0.05) is 30.3 Å². The molecule has 4 rings (SSSR count). The monoisotopic (exact) mass is 479 g/mol. The topological polar surface area (TPSA) is 116 Å². The van der Waals surface area contributed by atoms with Crippen molar-refractivity contribution in [1.29, 1.82) is 0 Å². The smallest absolute Gasteiger partial charge is 0.406 e. The summed E-state index contributed by atoms with van der Waals surface area (Å²) in [5.74, 6) is -2.57. The molecule has 12 heteroatoms. The molecule has 1 aromatic heterocycles. The van der Waals surface area contributed by atoms with Gasteiger partial charge in [0.15, 0.2) is 0 Å². The normalized spacial score (nSPS) is 22.6. The van der Waals surface area contributed by atoms with Gasteiger partial charge in [0.2, 0.25) is 17.8 Å². The molecule has 2 amide bonds. The number of carbonyl (C=O) groups excluding carboxylic acids is 2. The van der Waals surface area contributed by atoms with Crippen LogP contribution in [0.1, 0.15) is 51.0 Å². The SMILES string of the molecule is C[C@H]1CCC[C@H](C)N1c1nc2c(c(=O)[nH]1)[C@@H](C(=O)Nc1cccc(OC(F)(F)F)c1)CC(=O)N2. The Kier molecular flexibility index (Phi) is 6.24. The Labute approximate surface area is 192 Å². The lowest BCUT2D eigenvalue weighted by molar-refractivity contribution is -0.274. The third kappa shape index (κ3) is 5.00. The van der Waals surface area contributed by atoms with Gasteiger partial charge in [0.05, 0.1) is 11.5 Å². The van der Waals surface area contributed by atoms with Crippen molar-refractivity contribution in [2.75, 3.05) is 15.5 Å². The second-order valence-corrected chi connectivity index (χ2v) is 8.56. The molecule has 2 aromatic rings. The number of aromatic amines is 1. The highest BCUT2D eigenvalue weighted by Crippen LogP contribution is 2.33. The average molecular weight is 479 g/mol. The summed E-state index contributed by atoms with van der Waals surface area (Å²) in [6, 6.07) is 5.00. The van der Waals surface area contributed by atoms with Gasteiger partial charge in [-0.3, -0.25) is 19.4 Å². The fourth-order valence-corrected chi connectivity index (χ4v) is 4.54. The Hall–Kier alpha value is -3.57. The number of aromatic nitrogens is 2. The molecule has 2 aliphatic heterocycles. The summed E-state index contributed by atoms with van der Waals surface area (Å²) in [6.45, 7) is 4.06. The van der Waals surface area contributed by atoms with Crippen LogP contribution in [0, 0.1) is 0 Å². The van der Waals surface area contributed by atoms with Crippen LogP contribution in [-0.2, 0) is 9.59 Å². The maximum Gasteiger partial charge on any atom is 0.573 e. The maximum absolute atomic E-state index is 13.0. The Morgan fingerprint density at radius 1 is 1.21 bits per heavy atom. The van der Waals surface area contributed by atoms with Crippen LogP contribution in [0.15, 0.2) is 29.1 Å². The standard InChI is InChI=1S/C22H24F3N5O4/c1-11-5-3-6-12(2)30(11)21-28-18-17(20(33)29-21)15(10-16(31)27-18)19(32)26-13-7-4-8-14(9-13)34-22(23,24)25/h4,7-9,11-12,15H,3,5-6,10H2,1-2H3,(H,26,32)(H2,27,28,29,31,33)/t11-,12-,15-/m0/s1. The van der Waals surface area contributed by atoms with Gasteiger partial charge in [-0.1, -0.05) is 6.07 Å². The predicted molar refractivity (Wildman–Crippen MR) is 118 cm³/mol. The first-order valence-electron chi connectivity index (χ1n) is 10.9. The van der Waals surface area contributed by atoms with Crippen molar-refractivity contribution in [2.45, 2.75) is 63.9 Å². The minimum absolute atomic E-state index is 0.000798. The molecular formula is C22H24F3N5O4. The molecule has 1 aromatic carbocycles. The molecule has 0 spiro atoms. The van der Waals surface area contributed by atoms with E-state index in [0.717, 1.165) is 31.4 Å². The Morgan fingerprint density at radius 3 is 2.59 bits per heavy atom. The van der Waals surface area contributed by atoms with Crippen molar-refractivity contribution in [3.05, 3.63) is 40.2 Å². The number of piperidine rings is 1. The average Bonchev–Trinajstić information content (AvgIpc) is 2.71. The summed E-state index contributed by atoms with van der Waals surface area (Å²) >= 11 is 0. The van der Waals surface area contributed by atoms with E-state index >= 15 is 0 Å². The van der Waals surface area contributed by atoms with E-state index in [1.807, 2.05) is 18.7 Å². The first-order chi connectivity index (χ1) is 16.0. The van der Waals surface area contributed by atoms with Crippen molar-refractivity contribution >= 4 is 29.3 Å². The first kappa shape index (κ1) is 23.6. The number of anilines is 3. The zero-order chi connectivity index (χ0) is 24.6. The Bertz CT molecular complexity index is 1160. The Morgan fingerprint density at radius 2 is 1.91 bits per heavy atom. The van der Waals surface area contributed by atoms with Crippen molar-refractivity contribution < 1.29 is 27.5 Å². The summed E-state index contributed by atoms with van der Waals surface area (Å²) in [5, 5.41) is 5.03. The van der Waals surface area contributed by atoms with Crippen LogP contribution in [0.2, 0.25) is 0 Å². The van der Waals surface area contributed by atoms with Gasteiger partial charge >= 0.3 is 6.36 Å². The number of hydrogen-bond acceptors (Lipinski definition) is 6. The number of fused-ring (bicyclic) bond motifs is 1. The number of alkyl halides is 3. The summed E-state index contributed by atoms with van der Waals surface area (Å²) in [5.41, 5.74) is -0.531. The van der Waals surface area contributed by atoms with Gasteiger partial charge in [-0.05, 0) is 45.2 Å². The quantitative estimate of drug-likeness (QED) is 0.618. The van der Waals surface area contributed by atoms with Gasteiger partial charge in [-0.2, -0.15) is 4.98 Å². The van der Waals surface area contributed by atoms with Crippen molar-refractivity contribution in [1.82, 2.24) is 9.97 Å². The van der Waals surface area contributed by atoms with Gasteiger partial charge in [-0.15, -0.1) is 13.2 Å².